The number of fused-ring (bicyclic) bond motifs is 1. The average Bonchev–Trinajstić information content (AvgIpc) is 3.31. The van der Waals surface area contributed by atoms with Gasteiger partial charge in [-0.25, -0.2) is 4.79 Å². The van der Waals surface area contributed by atoms with Crippen LogP contribution in [-0.2, 0) is 16.1 Å². The van der Waals surface area contributed by atoms with Gasteiger partial charge in [0.05, 0.1) is 12.2 Å². The third-order valence-corrected chi connectivity index (χ3v) is 7.23. The molecular weight excluding hydrogens is 434 g/mol. The van der Waals surface area contributed by atoms with Gasteiger partial charge in [-0.15, -0.1) is 11.3 Å². The minimum atomic E-state index is -0.481. The quantitative estimate of drug-likeness (QED) is 0.529. The van der Waals surface area contributed by atoms with Crippen molar-refractivity contribution < 1.29 is 14.3 Å². The number of rotatable bonds is 6. The molecule has 8 heteroatoms. The molecule has 164 valence electrons. The number of amides is 1. The van der Waals surface area contributed by atoms with Crippen molar-refractivity contribution >= 4 is 45.0 Å². The number of hydrogen-bond donors (Lipinski definition) is 1. The van der Waals surface area contributed by atoms with Crippen LogP contribution >= 0.6 is 22.9 Å². The molecule has 0 saturated heterocycles. The predicted molar refractivity (Wildman–Crippen MR) is 123 cm³/mol. The van der Waals surface area contributed by atoms with Crippen molar-refractivity contribution in [2.45, 2.75) is 52.1 Å². The number of aryl methyl sites for hydroxylation is 1. The summed E-state index contributed by atoms with van der Waals surface area (Å²) < 4.78 is 7.17. The van der Waals surface area contributed by atoms with E-state index in [1.807, 2.05) is 35.9 Å². The van der Waals surface area contributed by atoms with Gasteiger partial charge in [0.1, 0.15) is 9.71 Å². The van der Waals surface area contributed by atoms with Crippen molar-refractivity contribution in [1.82, 2.24) is 15.1 Å². The fourth-order valence-corrected chi connectivity index (χ4v) is 5.25. The molecule has 0 unspecified atom stereocenters. The summed E-state index contributed by atoms with van der Waals surface area (Å²) in [6.45, 7) is 4.40. The normalized spacial score (nSPS) is 18.8. The number of nitrogens with one attached hydrogen (secondary N) is 1. The van der Waals surface area contributed by atoms with E-state index in [1.165, 1.54) is 17.8 Å². The first-order chi connectivity index (χ1) is 14.9. The van der Waals surface area contributed by atoms with Crippen LogP contribution in [0, 0.1) is 12.8 Å². The van der Waals surface area contributed by atoms with Crippen LogP contribution in [0.2, 0.25) is 5.02 Å². The van der Waals surface area contributed by atoms with Crippen LogP contribution in [0.3, 0.4) is 0 Å². The second-order valence-corrected chi connectivity index (χ2v) is 9.68. The van der Waals surface area contributed by atoms with Gasteiger partial charge in [0.2, 0.25) is 0 Å². The molecule has 2 atom stereocenters. The molecule has 4 rings (SSSR count). The molecule has 1 aliphatic rings. The summed E-state index contributed by atoms with van der Waals surface area (Å²) in [4.78, 5) is 26.2. The molecule has 3 aromatic rings. The van der Waals surface area contributed by atoms with Crippen LogP contribution in [0.5, 0.6) is 0 Å². The highest BCUT2D eigenvalue weighted by Crippen LogP contribution is 2.29. The number of carbonyl (C=O) groups is 2. The van der Waals surface area contributed by atoms with E-state index in [0.29, 0.717) is 22.4 Å². The first-order valence-corrected chi connectivity index (χ1v) is 11.8. The molecular formula is C23H26ClN3O3S. The van der Waals surface area contributed by atoms with Gasteiger partial charge in [-0.1, -0.05) is 43.5 Å². The fourth-order valence-electron chi connectivity index (χ4n) is 4.06. The van der Waals surface area contributed by atoms with Gasteiger partial charge in [0.25, 0.3) is 5.91 Å². The fraction of sp³-hybridized carbons (Fsp3) is 0.435. The number of hydrogen-bond acceptors (Lipinski definition) is 5. The van der Waals surface area contributed by atoms with Gasteiger partial charge >= 0.3 is 5.97 Å². The maximum atomic E-state index is 12.6. The topological polar surface area (TPSA) is 73.2 Å². The van der Waals surface area contributed by atoms with E-state index in [4.69, 9.17) is 16.3 Å². The van der Waals surface area contributed by atoms with Crippen LogP contribution in [-0.4, -0.2) is 34.3 Å². The number of thiophene rings is 1. The lowest BCUT2D eigenvalue weighted by atomic mass is 9.86. The summed E-state index contributed by atoms with van der Waals surface area (Å²) in [5.74, 6) is -0.258. The van der Waals surface area contributed by atoms with Crippen molar-refractivity contribution in [3.63, 3.8) is 0 Å². The minimum absolute atomic E-state index is 0.172. The van der Waals surface area contributed by atoms with Gasteiger partial charge in [-0.05, 0) is 49.4 Å². The largest absolute Gasteiger partial charge is 0.451 e. The van der Waals surface area contributed by atoms with Crippen LogP contribution in [0.25, 0.3) is 10.2 Å². The minimum Gasteiger partial charge on any atom is -0.451 e. The molecule has 1 N–H and O–H groups in total. The summed E-state index contributed by atoms with van der Waals surface area (Å²) in [7, 11) is 0. The van der Waals surface area contributed by atoms with E-state index in [1.54, 1.807) is 6.07 Å². The molecule has 31 heavy (non-hydrogen) atoms. The highest BCUT2D eigenvalue weighted by Gasteiger charge is 2.24. The Bertz CT molecular complexity index is 1090. The van der Waals surface area contributed by atoms with Gasteiger partial charge < -0.3 is 10.1 Å². The van der Waals surface area contributed by atoms with Crippen LogP contribution in [0.15, 0.2) is 30.3 Å². The number of aromatic nitrogens is 2. The lowest BCUT2D eigenvalue weighted by Crippen LogP contribution is -2.42. The van der Waals surface area contributed by atoms with Crippen LogP contribution in [0.4, 0.5) is 0 Å². The van der Waals surface area contributed by atoms with E-state index in [0.717, 1.165) is 40.7 Å². The zero-order valence-corrected chi connectivity index (χ0v) is 19.3. The standard InChI is InChI=1S/C23H26ClN3O3S/c1-14-5-3-4-6-19(14)25-21(28)13-30-23(29)20-11-18-15(2)26-27(22(18)31-20)12-16-7-9-17(24)10-8-16/h7-11,14,19H,3-6,12-13H2,1-2H3,(H,25,28)/t14-,19+/m1/s1. The number of benzene rings is 1. The van der Waals surface area contributed by atoms with Crippen molar-refractivity contribution in [3.05, 3.63) is 51.5 Å². The summed E-state index contributed by atoms with van der Waals surface area (Å²) in [6, 6.07) is 9.58. The average molecular weight is 460 g/mol. The Morgan fingerprint density at radius 1 is 1.26 bits per heavy atom. The van der Waals surface area contributed by atoms with Crippen molar-refractivity contribution in [2.24, 2.45) is 5.92 Å². The molecule has 2 heterocycles. The van der Waals surface area contributed by atoms with Crippen LogP contribution in [0.1, 0.15) is 53.5 Å². The monoisotopic (exact) mass is 459 g/mol. The molecule has 0 spiro atoms. The molecule has 0 radical (unpaired) electrons. The Morgan fingerprint density at radius 3 is 2.74 bits per heavy atom. The van der Waals surface area contributed by atoms with Gasteiger partial charge in [0, 0.05) is 16.5 Å². The Hall–Kier alpha value is -2.38. The summed E-state index contributed by atoms with van der Waals surface area (Å²) in [6.07, 6.45) is 4.45. The van der Waals surface area contributed by atoms with Crippen molar-refractivity contribution in [3.8, 4) is 0 Å². The molecule has 1 aromatic carbocycles. The highest BCUT2D eigenvalue weighted by atomic mass is 35.5. The molecule has 2 aromatic heterocycles. The molecule has 1 fully saturated rings. The van der Waals surface area contributed by atoms with E-state index < -0.39 is 5.97 Å². The van der Waals surface area contributed by atoms with Gasteiger partial charge in [-0.3, -0.25) is 9.48 Å². The van der Waals surface area contributed by atoms with Gasteiger partial charge in [0.15, 0.2) is 6.61 Å². The van der Waals surface area contributed by atoms with Crippen LogP contribution < -0.4 is 5.32 Å². The maximum absolute atomic E-state index is 12.6. The smallest absolute Gasteiger partial charge is 0.348 e. The molecule has 0 bridgehead atoms. The zero-order valence-electron chi connectivity index (χ0n) is 17.7. The first-order valence-electron chi connectivity index (χ1n) is 10.6. The molecule has 1 amide bonds. The molecule has 1 saturated carbocycles. The van der Waals surface area contributed by atoms with E-state index in [9.17, 15) is 9.59 Å². The SMILES string of the molecule is Cc1nn(Cc2ccc(Cl)cc2)c2sc(C(=O)OCC(=O)N[C@H]3CCCC[C@H]3C)cc12. The first kappa shape index (κ1) is 21.8. The van der Waals surface area contributed by atoms with E-state index >= 15 is 0 Å². The lowest BCUT2D eigenvalue weighted by molar-refractivity contribution is -0.125. The molecule has 6 nitrogen and oxygen atoms in total. The second-order valence-electron chi connectivity index (χ2n) is 8.21. The Morgan fingerprint density at radius 2 is 2.00 bits per heavy atom. The zero-order chi connectivity index (χ0) is 22.0. The third kappa shape index (κ3) is 5.10. The Kier molecular flexibility index (Phi) is 6.62. The van der Waals surface area contributed by atoms with Gasteiger partial charge in [-0.2, -0.15) is 5.10 Å². The summed E-state index contributed by atoms with van der Waals surface area (Å²) >= 11 is 7.30. The molecule has 1 aliphatic carbocycles. The number of nitrogens with zero attached hydrogens (tertiary/aromatic N) is 2. The number of carbonyl (C=O) groups excluding carboxylic acids is 2. The second kappa shape index (κ2) is 9.40. The number of ether oxygens (including phenoxy) is 1. The van der Waals surface area contributed by atoms with E-state index in [2.05, 4.69) is 17.3 Å². The van der Waals surface area contributed by atoms with Crippen molar-refractivity contribution in [2.75, 3.05) is 6.61 Å². The highest BCUT2D eigenvalue weighted by molar-refractivity contribution is 7.20. The molecule has 0 aliphatic heterocycles. The van der Waals surface area contributed by atoms with Crippen molar-refractivity contribution in [1.29, 1.82) is 0 Å². The maximum Gasteiger partial charge on any atom is 0.348 e. The number of esters is 1. The lowest BCUT2D eigenvalue weighted by Gasteiger charge is -2.29. The Balaban J connectivity index is 1.40. The number of halogens is 1. The predicted octanol–water partition coefficient (Wildman–Crippen LogP) is 4.96. The Labute approximate surface area is 190 Å². The summed E-state index contributed by atoms with van der Waals surface area (Å²) in [5, 5.41) is 9.21. The third-order valence-electron chi connectivity index (χ3n) is 5.85. The van der Waals surface area contributed by atoms with E-state index in [-0.39, 0.29) is 18.6 Å². The summed E-state index contributed by atoms with van der Waals surface area (Å²) in [5.41, 5.74) is 1.92.